The van der Waals surface area contributed by atoms with Gasteiger partial charge in [0.2, 0.25) is 0 Å². The Morgan fingerprint density at radius 2 is 2.10 bits per heavy atom. The molecule has 0 saturated carbocycles. The molecule has 1 aliphatic rings. The lowest BCUT2D eigenvalue weighted by atomic mass is 10.2. The van der Waals surface area contributed by atoms with Gasteiger partial charge in [0.05, 0.1) is 25.0 Å². The number of aromatic hydroxyl groups is 1. The average molecular weight is 271 g/mol. The van der Waals surface area contributed by atoms with Crippen LogP contribution in [-0.4, -0.2) is 34.8 Å². The number of aryl methyl sites for hydroxylation is 1. The Bertz CT molecular complexity index is 517. The van der Waals surface area contributed by atoms with Gasteiger partial charge in [-0.25, -0.2) is 4.98 Å². The first kappa shape index (κ1) is 12.9. The van der Waals surface area contributed by atoms with Crippen molar-refractivity contribution in [3.63, 3.8) is 0 Å². The Morgan fingerprint density at radius 1 is 1.20 bits per heavy atom. The molecular formula is C15H17N3O2. The number of hydrogen-bond acceptors (Lipinski definition) is 5. The molecule has 1 atom stereocenters. The van der Waals surface area contributed by atoms with Crippen LogP contribution in [0.2, 0.25) is 0 Å². The van der Waals surface area contributed by atoms with Gasteiger partial charge in [-0.3, -0.25) is 4.98 Å². The summed E-state index contributed by atoms with van der Waals surface area (Å²) in [6.07, 6.45) is 3.23. The van der Waals surface area contributed by atoms with Crippen molar-refractivity contribution in [2.75, 3.05) is 24.6 Å². The number of morpholine rings is 1. The zero-order valence-electron chi connectivity index (χ0n) is 11.4. The largest absolute Gasteiger partial charge is 0.506 e. The van der Waals surface area contributed by atoms with E-state index in [4.69, 9.17) is 4.74 Å². The van der Waals surface area contributed by atoms with Crippen LogP contribution in [0, 0.1) is 6.92 Å². The summed E-state index contributed by atoms with van der Waals surface area (Å²) in [5.74, 6) is 1.13. The zero-order valence-corrected chi connectivity index (χ0v) is 11.4. The smallest absolute Gasteiger partial charge is 0.133 e. The lowest BCUT2D eigenvalue weighted by Crippen LogP contribution is -2.39. The van der Waals surface area contributed by atoms with Crippen molar-refractivity contribution in [1.82, 2.24) is 9.97 Å². The summed E-state index contributed by atoms with van der Waals surface area (Å²) in [5.41, 5.74) is 1.98. The third kappa shape index (κ3) is 2.72. The highest BCUT2D eigenvalue weighted by atomic mass is 16.5. The van der Waals surface area contributed by atoms with Gasteiger partial charge < -0.3 is 14.7 Å². The van der Waals surface area contributed by atoms with E-state index < -0.39 is 0 Å². The quantitative estimate of drug-likeness (QED) is 0.906. The summed E-state index contributed by atoms with van der Waals surface area (Å²) in [6, 6.07) is 7.52. The summed E-state index contributed by atoms with van der Waals surface area (Å²) < 4.78 is 5.77. The molecule has 0 bridgehead atoms. The molecule has 0 amide bonds. The van der Waals surface area contributed by atoms with E-state index in [0.717, 1.165) is 23.6 Å². The van der Waals surface area contributed by atoms with Crippen LogP contribution in [0.4, 0.5) is 5.82 Å². The SMILES string of the molecule is Cc1ccc(N2CCOC(c3ccc(O)cn3)C2)nc1. The zero-order chi connectivity index (χ0) is 13.9. The molecule has 5 heteroatoms. The molecule has 1 fully saturated rings. The molecule has 3 heterocycles. The van der Waals surface area contributed by atoms with Gasteiger partial charge in [-0.15, -0.1) is 0 Å². The summed E-state index contributed by atoms with van der Waals surface area (Å²) >= 11 is 0. The number of nitrogens with zero attached hydrogens (tertiary/aromatic N) is 3. The third-order valence-electron chi connectivity index (χ3n) is 3.39. The first-order valence-corrected chi connectivity index (χ1v) is 6.66. The number of pyridine rings is 2. The minimum Gasteiger partial charge on any atom is -0.506 e. The van der Waals surface area contributed by atoms with Crippen LogP contribution < -0.4 is 4.90 Å². The summed E-state index contributed by atoms with van der Waals surface area (Å²) in [7, 11) is 0. The van der Waals surface area contributed by atoms with Crippen molar-refractivity contribution >= 4 is 5.82 Å². The predicted octanol–water partition coefficient (Wildman–Crippen LogP) is 2.07. The molecule has 0 aliphatic carbocycles. The highest BCUT2D eigenvalue weighted by Crippen LogP contribution is 2.24. The van der Waals surface area contributed by atoms with Gasteiger partial charge in [0, 0.05) is 12.7 Å². The standard InChI is InChI=1S/C15H17N3O2/c1-11-2-5-15(17-8-11)18-6-7-20-14(10-18)13-4-3-12(19)9-16-13/h2-5,8-9,14,19H,6-7,10H2,1H3. The highest BCUT2D eigenvalue weighted by molar-refractivity contribution is 5.40. The Labute approximate surface area is 117 Å². The Balaban J connectivity index is 1.76. The van der Waals surface area contributed by atoms with E-state index in [9.17, 15) is 5.11 Å². The molecule has 0 radical (unpaired) electrons. The fourth-order valence-electron chi connectivity index (χ4n) is 2.27. The topological polar surface area (TPSA) is 58.5 Å². The molecule has 1 N–H and O–H groups in total. The molecule has 0 spiro atoms. The maximum Gasteiger partial charge on any atom is 0.133 e. The van der Waals surface area contributed by atoms with Crippen molar-refractivity contribution in [3.05, 3.63) is 47.9 Å². The second kappa shape index (κ2) is 5.46. The van der Waals surface area contributed by atoms with Crippen LogP contribution in [0.3, 0.4) is 0 Å². The molecule has 2 aromatic heterocycles. The van der Waals surface area contributed by atoms with Gasteiger partial charge in [-0.1, -0.05) is 6.07 Å². The van der Waals surface area contributed by atoms with Crippen LogP contribution in [0.1, 0.15) is 17.4 Å². The number of hydrogen-bond donors (Lipinski definition) is 1. The Kier molecular flexibility index (Phi) is 3.52. The fourth-order valence-corrected chi connectivity index (χ4v) is 2.27. The Morgan fingerprint density at radius 3 is 2.80 bits per heavy atom. The maximum absolute atomic E-state index is 9.29. The fraction of sp³-hybridized carbons (Fsp3) is 0.333. The van der Waals surface area contributed by atoms with Gasteiger partial charge in [0.1, 0.15) is 17.7 Å². The number of rotatable bonds is 2. The van der Waals surface area contributed by atoms with Crippen LogP contribution in [-0.2, 0) is 4.74 Å². The number of ether oxygens (including phenoxy) is 1. The highest BCUT2D eigenvalue weighted by Gasteiger charge is 2.23. The molecule has 1 aliphatic heterocycles. The van der Waals surface area contributed by atoms with Gasteiger partial charge in [0.25, 0.3) is 0 Å². The van der Waals surface area contributed by atoms with Crippen molar-refractivity contribution < 1.29 is 9.84 Å². The van der Waals surface area contributed by atoms with E-state index in [-0.39, 0.29) is 11.9 Å². The molecule has 1 unspecified atom stereocenters. The molecule has 0 aromatic carbocycles. The Hall–Kier alpha value is -2.14. The maximum atomic E-state index is 9.29. The van der Waals surface area contributed by atoms with E-state index in [1.807, 2.05) is 19.2 Å². The minimum atomic E-state index is -0.0903. The number of aromatic nitrogens is 2. The molecule has 104 valence electrons. The molecule has 2 aromatic rings. The summed E-state index contributed by atoms with van der Waals surface area (Å²) in [6.45, 7) is 4.21. The van der Waals surface area contributed by atoms with E-state index in [2.05, 4.69) is 20.9 Å². The third-order valence-corrected chi connectivity index (χ3v) is 3.39. The summed E-state index contributed by atoms with van der Waals surface area (Å²) in [4.78, 5) is 10.9. The van der Waals surface area contributed by atoms with Crippen molar-refractivity contribution in [2.45, 2.75) is 13.0 Å². The number of anilines is 1. The average Bonchev–Trinajstić information content (AvgIpc) is 2.49. The lowest BCUT2D eigenvalue weighted by molar-refractivity contribution is 0.0367. The molecule has 1 saturated heterocycles. The lowest BCUT2D eigenvalue weighted by Gasteiger charge is -2.33. The van der Waals surface area contributed by atoms with Crippen LogP contribution in [0.5, 0.6) is 5.75 Å². The molecular weight excluding hydrogens is 254 g/mol. The first-order valence-electron chi connectivity index (χ1n) is 6.66. The molecule has 5 nitrogen and oxygen atoms in total. The minimum absolute atomic E-state index is 0.0903. The van der Waals surface area contributed by atoms with Gasteiger partial charge in [0.15, 0.2) is 0 Å². The van der Waals surface area contributed by atoms with Crippen molar-refractivity contribution in [2.24, 2.45) is 0 Å². The van der Waals surface area contributed by atoms with Crippen LogP contribution in [0.25, 0.3) is 0 Å². The van der Waals surface area contributed by atoms with Crippen molar-refractivity contribution in [3.8, 4) is 5.75 Å². The molecule has 20 heavy (non-hydrogen) atoms. The van der Waals surface area contributed by atoms with E-state index in [1.165, 1.54) is 6.20 Å². The first-order chi connectivity index (χ1) is 9.72. The summed E-state index contributed by atoms with van der Waals surface area (Å²) in [5, 5.41) is 9.29. The van der Waals surface area contributed by atoms with Crippen molar-refractivity contribution in [1.29, 1.82) is 0 Å². The normalized spacial score (nSPS) is 19.1. The van der Waals surface area contributed by atoms with Gasteiger partial charge >= 0.3 is 0 Å². The van der Waals surface area contributed by atoms with Crippen LogP contribution >= 0.6 is 0 Å². The van der Waals surface area contributed by atoms with Crippen LogP contribution in [0.15, 0.2) is 36.7 Å². The monoisotopic (exact) mass is 271 g/mol. The van der Waals surface area contributed by atoms with E-state index >= 15 is 0 Å². The van der Waals surface area contributed by atoms with Gasteiger partial charge in [-0.05, 0) is 30.7 Å². The predicted molar refractivity (Wildman–Crippen MR) is 75.8 cm³/mol. The molecule has 3 rings (SSSR count). The van der Waals surface area contributed by atoms with Gasteiger partial charge in [-0.2, -0.15) is 0 Å². The second-order valence-electron chi connectivity index (χ2n) is 4.94. The van der Waals surface area contributed by atoms with E-state index in [1.54, 1.807) is 12.1 Å². The van der Waals surface area contributed by atoms with E-state index in [0.29, 0.717) is 13.2 Å². The second-order valence-corrected chi connectivity index (χ2v) is 4.94.